The van der Waals surface area contributed by atoms with Crippen LogP contribution in [0.15, 0.2) is 48.5 Å². The molecule has 5 heteroatoms. The van der Waals surface area contributed by atoms with Crippen molar-refractivity contribution in [3.63, 3.8) is 0 Å². The van der Waals surface area contributed by atoms with Crippen molar-refractivity contribution < 1.29 is 19.0 Å². The fourth-order valence-electron chi connectivity index (χ4n) is 2.40. The molecule has 0 N–H and O–H groups in total. The lowest BCUT2D eigenvalue weighted by Gasteiger charge is -2.15. The molecule has 0 aliphatic rings. The Balaban J connectivity index is 1.86. The van der Waals surface area contributed by atoms with Crippen LogP contribution in [0.4, 0.5) is 0 Å². The number of carbonyl (C=O) groups excluding carboxylic acids is 1. The summed E-state index contributed by atoms with van der Waals surface area (Å²) in [6, 6.07) is 13.4. The normalized spacial score (nSPS) is 10.7. The van der Waals surface area contributed by atoms with Gasteiger partial charge in [-0.15, -0.1) is 0 Å². The zero-order chi connectivity index (χ0) is 19.6. The minimum Gasteiger partial charge on any atom is -0.493 e. The molecule has 2 rings (SSSR count). The van der Waals surface area contributed by atoms with E-state index in [0.29, 0.717) is 31.3 Å². The first-order chi connectivity index (χ1) is 13.0. The Morgan fingerprint density at radius 3 is 2.48 bits per heavy atom. The topological polar surface area (TPSA) is 48.0 Å². The van der Waals surface area contributed by atoms with Crippen LogP contribution in [0.3, 0.4) is 0 Å². The Kier molecular flexibility index (Phi) is 7.74. The monoisotopic (exact) mass is 369 g/mol. The number of methoxy groups -OCH3 is 1. The van der Waals surface area contributed by atoms with Crippen molar-refractivity contribution in [2.45, 2.75) is 13.8 Å². The third-order valence-corrected chi connectivity index (χ3v) is 4.00. The Hall–Kier alpha value is -2.95. The number of rotatable bonds is 9. The average molecular weight is 369 g/mol. The van der Waals surface area contributed by atoms with E-state index in [-0.39, 0.29) is 5.91 Å². The smallest absolute Gasteiger partial charge is 0.246 e. The van der Waals surface area contributed by atoms with Crippen LogP contribution in [0.25, 0.3) is 6.08 Å². The summed E-state index contributed by atoms with van der Waals surface area (Å²) < 4.78 is 16.5. The molecule has 0 atom stereocenters. The lowest BCUT2D eigenvalue weighted by atomic mass is 10.2. The SMILES string of the molecule is CCOc1ccc(/C=C/C(=O)N(C)CCOc2ccc(C)cc2)cc1OC. The summed E-state index contributed by atoms with van der Waals surface area (Å²) in [4.78, 5) is 13.9. The zero-order valence-corrected chi connectivity index (χ0v) is 16.4. The van der Waals surface area contributed by atoms with Gasteiger partial charge < -0.3 is 19.1 Å². The van der Waals surface area contributed by atoms with Crippen molar-refractivity contribution in [3.05, 3.63) is 59.7 Å². The first kappa shape index (κ1) is 20.4. The molecular weight excluding hydrogens is 342 g/mol. The van der Waals surface area contributed by atoms with E-state index in [2.05, 4.69) is 0 Å². The molecule has 1 amide bonds. The van der Waals surface area contributed by atoms with E-state index in [1.165, 1.54) is 5.56 Å². The third-order valence-electron chi connectivity index (χ3n) is 4.00. The Morgan fingerprint density at radius 1 is 1.07 bits per heavy atom. The third kappa shape index (κ3) is 6.37. The van der Waals surface area contributed by atoms with Crippen LogP contribution in [-0.2, 0) is 4.79 Å². The molecule has 0 bridgehead atoms. The largest absolute Gasteiger partial charge is 0.493 e. The Morgan fingerprint density at radius 2 is 1.81 bits per heavy atom. The molecule has 144 valence electrons. The van der Waals surface area contributed by atoms with Crippen molar-refractivity contribution in [1.82, 2.24) is 4.90 Å². The maximum Gasteiger partial charge on any atom is 0.246 e. The molecule has 0 heterocycles. The maximum atomic E-state index is 12.3. The molecule has 0 unspecified atom stereocenters. The highest BCUT2D eigenvalue weighted by molar-refractivity contribution is 5.91. The summed E-state index contributed by atoms with van der Waals surface area (Å²) in [5, 5.41) is 0. The van der Waals surface area contributed by atoms with Crippen molar-refractivity contribution in [1.29, 1.82) is 0 Å². The summed E-state index contributed by atoms with van der Waals surface area (Å²) >= 11 is 0. The number of benzene rings is 2. The molecule has 2 aromatic carbocycles. The van der Waals surface area contributed by atoms with E-state index >= 15 is 0 Å². The van der Waals surface area contributed by atoms with E-state index in [9.17, 15) is 4.79 Å². The van der Waals surface area contributed by atoms with Crippen LogP contribution in [0, 0.1) is 6.92 Å². The Bertz CT molecular complexity index is 768. The van der Waals surface area contributed by atoms with Gasteiger partial charge in [0.25, 0.3) is 0 Å². The van der Waals surface area contributed by atoms with E-state index in [0.717, 1.165) is 11.3 Å². The highest BCUT2D eigenvalue weighted by atomic mass is 16.5. The van der Waals surface area contributed by atoms with Crippen LogP contribution in [0.1, 0.15) is 18.1 Å². The predicted octanol–water partition coefficient (Wildman–Crippen LogP) is 3.95. The van der Waals surface area contributed by atoms with Crippen molar-refractivity contribution in [3.8, 4) is 17.2 Å². The van der Waals surface area contributed by atoms with Gasteiger partial charge in [0.2, 0.25) is 5.91 Å². The van der Waals surface area contributed by atoms with Gasteiger partial charge in [-0.2, -0.15) is 0 Å². The maximum absolute atomic E-state index is 12.3. The Labute approximate surface area is 161 Å². The van der Waals surface area contributed by atoms with E-state index in [1.807, 2.05) is 56.3 Å². The summed E-state index contributed by atoms with van der Waals surface area (Å²) in [6.45, 7) is 5.46. The van der Waals surface area contributed by atoms with Crippen molar-refractivity contribution in [2.24, 2.45) is 0 Å². The molecule has 27 heavy (non-hydrogen) atoms. The molecule has 0 spiro atoms. The zero-order valence-electron chi connectivity index (χ0n) is 16.4. The van der Waals surface area contributed by atoms with Gasteiger partial charge in [-0.05, 0) is 49.8 Å². The first-order valence-corrected chi connectivity index (χ1v) is 8.97. The lowest BCUT2D eigenvalue weighted by Crippen LogP contribution is -2.29. The molecular formula is C22H27NO4. The summed E-state index contributed by atoms with van der Waals surface area (Å²) in [5.41, 5.74) is 2.05. The number of hydrogen-bond donors (Lipinski definition) is 0. The molecule has 2 aromatic rings. The molecule has 0 radical (unpaired) electrons. The summed E-state index contributed by atoms with van der Waals surface area (Å²) in [6.07, 6.45) is 3.30. The quantitative estimate of drug-likeness (QED) is 0.628. The molecule has 0 saturated carbocycles. The van der Waals surface area contributed by atoms with Crippen LogP contribution >= 0.6 is 0 Å². The number of nitrogens with zero attached hydrogens (tertiary/aromatic N) is 1. The van der Waals surface area contributed by atoms with E-state index in [1.54, 1.807) is 31.2 Å². The molecule has 0 aliphatic carbocycles. The number of carbonyl (C=O) groups is 1. The van der Waals surface area contributed by atoms with Gasteiger partial charge in [-0.3, -0.25) is 4.79 Å². The highest BCUT2D eigenvalue weighted by Gasteiger charge is 2.07. The summed E-state index contributed by atoms with van der Waals surface area (Å²) in [7, 11) is 3.35. The molecule has 0 aromatic heterocycles. The standard InChI is InChI=1S/C22H27NO4/c1-5-26-20-12-8-18(16-21(20)25-4)9-13-22(24)23(3)14-15-27-19-10-6-17(2)7-11-19/h6-13,16H,5,14-15H2,1-4H3/b13-9+. The van der Waals surface area contributed by atoms with Crippen molar-refractivity contribution in [2.75, 3.05) is 33.9 Å². The van der Waals surface area contributed by atoms with E-state index in [4.69, 9.17) is 14.2 Å². The molecule has 5 nitrogen and oxygen atoms in total. The van der Waals surface area contributed by atoms with Gasteiger partial charge in [-0.25, -0.2) is 0 Å². The number of aryl methyl sites for hydroxylation is 1. The van der Waals surface area contributed by atoms with Gasteiger partial charge in [-0.1, -0.05) is 23.8 Å². The van der Waals surface area contributed by atoms with Crippen LogP contribution < -0.4 is 14.2 Å². The van der Waals surface area contributed by atoms with Crippen LogP contribution in [0.2, 0.25) is 0 Å². The number of hydrogen-bond acceptors (Lipinski definition) is 4. The minimum atomic E-state index is -0.0876. The van der Waals surface area contributed by atoms with Gasteiger partial charge in [0.05, 0.1) is 20.3 Å². The molecule has 0 aliphatic heterocycles. The predicted molar refractivity (Wildman–Crippen MR) is 108 cm³/mol. The van der Waals surface area contributed by atoms with E-state index < -0.39 is 0 Å². The fraction of sp³-hybridized carbons (Fsp3) is 0.318. The molecule has 0 saturated heterocycles. The fourth-order valence-corrected chi connectivity index (χ4v) is 2.40. The van der Waals surface area contributed by atoms with Crippen molar-refractivity contribution >= 4 is 12.0 Å². The van der Waals surface area contributed by atoms with Gasteiger partial charge in [0.1, 0.15) is 12.4 Å². The highest BCUT2D eigenvalue weighted by Crippen LogP contribution is 2.28. The second-order valence-electron chi connectivity index (χ2n) is 6.10. The summed E-state index contributed by atoms with van der Waals surface area (Å²) in [5.74, 6) is 2.05. The van der Waals surface area contributed by atoms with Crippen LogP contribution in [-0.4, -0.2) is 44.7 Å². The minimum absolute atomic E-state index is 0.0876. The van der Waals surface area contributed by atoms with Gasteiger partial charge in [0.15, 0.2) is 11.5 Å². The second-order valence-corrected chi connectivity index (χ2v) is 6.10. The number of likely N-dealkylation sites (N-methyl/N-ethyl adjacent to an activating group) is 1. The lowest BCUT2D eigenvalue weighted by molar-refractivity contribution is -0.125. The first-order valence-electron chi connectivity index (χ1n) is 8.97. The second kappa shape index (κ2) is 10.3. The average Bonchev–Trinajstić information content (AvgIpc) is 2.68. The number of ether oxygens (including phenoxy) is 3. The number of amides is 1. The van der Waals surface area contributed by atoms with Gasteiger partial charge >= 0.3 is 0 Å². The van der Waals surface area contributed by atoms with Gasteiger partial charge in [0, 0.05) is 13.1 Å². The molecule has 0 fully saturated rings. The van der Waals surface area contributed by atoms with Crippen LogP contribution in [0.5, 0.6) is 17.2 Å².